The molecule has 9 aromatic carbocycles. The second-order valence-corrected chi connectivity index (χ2v) is 15.3. The first-order chi connectivity index (χ1) is 29.7. The molecule has 60 heavy (non-hydrogen) atoms. The van der Waals surface area contributed by atoms with Crippen molar-refractivity contribution in [2.75, 3.05) is 4.90 Å². The van der Waals surface area contributed by atoms with Crippen molar-refractivity contribution in [3.05, 3.63) is 218 Å². The maximum Gasteiger partial charge on any atom is 0.145 e. The molecule has 0 unspecified atom stereocenters. The Morgan fingerprint density at radius 1 is 0.350 bits per heavy atom. The fraction of sp³-hybridized carbons (Fsp3) is 0. The van der Waals surface area contributed by atoms with E-state index in [1.165, 1.54) is 16.5 Å². The van der Waals surface area contributed by atoms with E-state index < -0.39 is 0 Å². The van der Waals surface area contributed by atoms with Gasteiger partial charge in [-0.25, -0.2) is 0 Å². The number of hydrogen-bond acceptors (Lipinski definition) is 3. The molecule has 0 saturated carbocycles. The van der Waals surface area contributed by atoms with Crippen LogP contribution in [0.25, 0.3) is 94.0 Å². The van der Waals surface area contributed by atoms with Gasteiger partial charge in [0.2, 0.25) is 0 Å². The molecule has 0 saturated heterocycles. The minimum absolute atomic E-state index is 0.860. The lowest BCUT2D eigenvalue weighted by molar-refractivity contribution is 0.631. The minimum Gasteiger partial charge on any atom is -0.456 e. The van der Waals surface area contributed by atoms with Crippen molar-refractivity contribution in [3.8, 4) is 39.3 Å². The Kier molecular flexibility index (Phi) is 7.82. The van der Waals surface area contributed by atoms with Crippen LogP contribution >= 0.6 is 0 Å². The van der Waals surface area contributed by atoms with Crippen LogP contribution in [0.1, 0.15) is 0 Å². The summed E-state index contributed by atoms with van der Waals surface area (Å²) < 4.78 is 15.1. The van der Waals surface area contributed by atoms with Crippen molar-refractivity contribution in [2.24, 2.45) is 0 Å². The number of fused-ring (bicyclic) bond motifs is 8. The molecule has 0 aliphatic carbocycles. The molecule has 3 aromatic heterocycles. The third-order valence-electron chi connectivity index (χ3n) is 11.8. The lowest BCUT2D eigenvalue weighted by atomic mass is 10.0. The Hall–Kier alpha value is -8.08. The molecular weight excluding hydrogens is 733 g/mol. The Morgan fingerprint density at radius 2 is 0.883 bits per heavy atom. The van der Waals surface area contributed by atoms with Crippen molar-refractivity contribution in [2.45, 2.75) is 0 Å². The van der Waals surface area contributed by atoms with Crippen LogP contribution in [0, 0.1) is 0 Å². The lowest BCUT2D eigenvalue weighted by Gasteiger charge is -2.26. The topological polar surface area (TPSA) is 34.5 Å². The molecule has 0 N–H and O–H groups in total. The van der Waals surface area contributed by atoms with E-state index >= 15 is 0 Å². The van der Waals surface area contributed by atoms with Gasteiger partial charge in [-0.2, -0.15) is 0 Å². The van der Waals surface area contributed by atoms with E-state index in [2.05, 4.69) is 198 Å². The summed E-state index contributed by atoms with van der Waals surface area (Å²) in [5.74, 6) is 0.860. The fourth-order valence-electron chi connectivity index (χ4n) is 8.90. The SMILES string of the molecule is c1ccc(-c2ccc(N(c3ccc(-c4ccc(-n5c6ccccc6c6c7oc8ccccc8c7ccc65)cc4)cc3)c3ccc(-c4cc5ccccc5o4)cc3)cc2)cc1. The van der Waals surface area contributed by atoms with Gasteiger partial charge in [0.05, 0.1) is 16.4 Å². The summed E-state index contributed by atoms with van der Waals surface area (Å²) in [7, 11) is 0. The van der Waals surface area contributed by atoms with E-state index in [-0.39, 0.29) is 0 Å². The number of nitrogens with zero attached hydrogens (tertiary/aromatic N) is 2. The van der Waals surface area contributed by atoms with Crippen LogP contribution in [0.3, 0.4) is 0 Å². The van der Waals surface area contributed by atoms with Gasteiger partial charge in [-0.05, 0) is 119 Å². The second kappa shape index (κ2) is 13.8. The van der Waals surface area contributed by atoms with E-state index in [1.54, 1.807) is 0 Å². The molecule has 282 valence electrons. The number of hydrogen-bond donors (Lipinski definition) is 0. The van der Waals surface area contributed by atoms with Gasteiger partial charge in [-0.15, -0.1) is 0 Å². The standard InChI is InChI=1S/C56H36N2O2/c1-2-10-37(11-3-1)38-18-26-43(27-19-38)57(45-32-24-41(25-33-45)54-36-42-12-4-8-16-52(42)59-54)44-28-20-39(21-29-44)40-22-30-46(31-23-40)58-50-15-7-5-14-49(50)55-51(58)35-34-48-47-13-6-9-17-53(47)60-56(48)55/h1-36H. The van der Waals surface area contributed by atoms with E-state index in [9.17, 15) is 0 Å². The van der Waals surface area contributed by atoms with Crippen LogP contribution in [0.5, 0.6) is 0 Å². The van der Waals surface area contributed by atoms with Gasteiger partial charge in [0.25, 0.3) is 0 Å². The largest absolute Gasteiger partial charge is 0.456 e. The van der Waals surface area contributed by atoms with Gasteiger partial charge >= 0.3 is 0 Å². The number of benzene rings is 9. The van der Waals surface area contributed by atoms with Crippen molar-refractivity contribution in [1.82, 2.24) is 4.57 Å². The van der Waals surface area contributed by atoms with Gasteiger partial charge in [0.1, 0.15) is 22.5 Å². The number of rotatable bonds is 7. The molecule has 0 spiro atoms. The lowest BCUT2D eigenvalue weighted by Crippen LogP contribution is -2.09. The van der Waals surface area contributed by atoms with Crippen LogP contribution in [0.4, 0.5) is 17.1 Å². The monoisotopic (exact) mass is 768 g/mol. The zero-order chi connectivity index (χ0) is 39.6. The third-order valence-corrected chi connectivity index (χ3v) is 11.8. The van der Waals surface area contributed by atoms with Crippen LogP contribution in [-0.2, 0) is 0 Å². The summed E-state index contributed by atoms with van der Waals surface area (Å²) >= 11 is 0. The zero-order valence-corrected chi connectivity index (χ0v) is 32.5. The van der Waals surface area contributed by atoms with Crippen molar-refractivity contribution in [3.63, 3.8) is 0 Å². The molecule has 0 aliphatic rings. The highest BCUT2D eigenvalue weighted by Gasteiger charge is 2.19. The maximum atomic E-state index is 6.52. The fourth-order valence-corrected chi connectivity index (χ4v) is 8.90. The zero-order valence-electron chi connectivity index (χ0n) is 32.5. The summed E-state index contributed by atoms with van der Waals surface area (Å²) in [6, 6.07) is 77.3. The van der Waals surface area contributed by atoms with Gasteiger partial charge in [-0.3, -0.25) is 0 Å². The molecule has 12 rings (SSSR count). The van der Waals surface area contributed by atoms with Crippen LogP contribution < -0.4 is 4.90 Å². The van der Waals surface area contributed by atoms with Gasteiger partial charge < -0.3 is 18.3 Å². The quantitative estimate of drug-likeness (QED) is 0.162. The summed E-state index contributed by atoms with van der Waals surface area (Å²) in [5, 5.41) is 5.70. The summed E-state index contributed by atoms with van der Waals surface area (Å²) in [6.45, 7) is 0. The average Bonchev–Trinajstić information content (AvgIpc) is 4.02. The number of anilines is 3. The summed E-state index contributed by atoms with van der Waals surface area (Å²) in [6.07, 6.45) is 0. The Morgan fingerprint density at radius 3 is 1.55 bits per heavy atom. The molecule has 0 atom stereocenters. The first kappa shape index (κ1) is 34.0. The number of aromatic nitrogens is 1. The third kappa shape index (κ3) is 5.61. The molecule has 12 aromatic rings. The van der Waals surface area contributed by atoms with E-state index in [4.69, 9.17) is 8.83 Å². The molecule has 0 fully saturated rings. The van der Waals surface area contributed by atoms with Gasteiger partial charge in [-0.1, -0.05) is 121 Å². The molecule has 4 nitrogen and oxygen atoms in total. The van der Waals surface area contributed by atoms with Crippen LogP contribution in [0.15, 0.2) is 227 Å². The number of furan rings is 2. The van der Waals surface area contributed by atoms with E-state index in [0.717, 1.165) is 94.5 Å². The molecular formula is C56H36N2O2. The summed E-state index contributed by atoms with van der Waals surface area (Å²) in [4.78, 5) is 2.31. The maximum absolute atomic E-state index is 6.52. The number of para-hydroxylation sites is 3. The van der Waals surface area contributed by atoms with Crippen molar-refractivity contribution >= 4 is 71.8 Å². The molecule has 4 heteroatoms. The van der Waals surface area contributed by atoms with Crippen LogP contribution in [0.2, 0.25) is 0 Å². The Balaban J connectivity index is 0.894. The highest BCUT2D eigenvalue weighted by atomic mass is 16.3. The van der Waals surface area contributed by atoms with E-state index in [1.807, 2.05) is 30.3 Å². The molecule has 0 bridgehead atoms. The molecule has 3 heterocycles. The van der Waals surface area contributed by atoms with Gasteiger partial charge in [0.15, 0.2) is 0 Å². The van der Waals surface area contributed by atoms with Crippen molar-refractivity contribution in [1.29, 1.82) is 0 Å². The van der Waals surface area contributed by atoms with E-state index in [0.29, 0.717) is 0 Å². The Labute approximate surface area is 346 Å². The minimum atomic E-state index is 0.860. The predicted octanol–water partition coefficient (Wildman–Crippen LogP) is 15.9. The van der Waals surface area contributed by atoms with Crippen molar-refractivity contribution < 1.29 is 8.83 Å². The second-order valence-electron chi connectivity index (χ2n) is 15.3. The first-order valence-corrected chi connectivity index (χ1v) is 20.3. The summed E-state index contributed by atoms with van der Waals surface area (Å²) in [5.41, 5.74) is 15.1. The smallest absolute Gasteiger partial charge is 0.145 e. The highest BCUT2D eigenvalue weighted by molar-refractivity contribution is 6.23. The van der Waals surface area contributed by atoms with Gasteiger partial charge in [0, 0.05) is 49.9 Å². The predicted molar refractivity (Wildman–Crippen MR) is 249 cm³/mol. The average molecular weight is 769 g/mol. The molecule has 0 amide bonds. The molecule has 0 aliphatic heterocycles. The Bertz CT molecular complexity index is 3470. The first-order valence-electron chi connectivity index (χ1n) is 20.3. The van der Waals surface area contributed by atoms with Crippen LogP contribution in [-0.4, -0.2) is 4.57 Å². The molecule has 0 radical (unpaired) electrons. The normalized spacial score (nSPS) is 11.7. The highest BCUT2D eigenvalue weighted by Crippen LogP contribution is 2.42.